The van der Waals surface area contributed by atoms with Crippen molar-refractivity contribution in [1.29, 1.82) is 0 Å². The Morgan fingerprint density at radius 3 is 2.65 bits per heavy atom. The fraction of sp³-hybridized carbons (Fsp3) is 0.154. The quantitative estimate of drug-likeness (QED) is 0.844. The average molecular weight is 266 g/mol. The summed E-state index contributed by atoms with van der Waals surface area (Å²) in [7, 11) is 0. The van der Waals surface area contributed by atoms with Gasteiger partial charge in [0.25, 0.3) is 0 Å². The monoisotopic (exact) mass is 265 g/mol. The van der Waals surface area contributed by atoms with E-state index in [1.807, 2.05) is 47.8 Å². The lowest BCUT2D eigenvalue weighted by molar-refractivity contribution is -0.120. The van der Waals surface area contributed by atoms with Crippen molar-refractivity contribution in [2.45, 2.75) is 11.9 Å². The molecule has 0 fully saturated rings. The summed E-state index contributed by atoms with van der Waals surface area (Å²) in [6.45, 7) is 0.508. The average Bonchev–Trinajstić information content (AvgIpc) is 2.90. The minimum Gasteiger partial charge on any atom is -0.350 e. The first-order valence-corrected chi connectivity index (χ1v) is 6.58. The van der Waals surface area contributed by atoms with Gasteiger partial charge in [-0.2, -0.15) is 0 Å². The first-order valence-electron chi connectivity index (χ1n) is 5.26. The Hall–Kier alpha value is -1.32. The summed E-state index contributed by atoms with van der Waals surface area (Å²) in [5.74, 6) is -0.155. The van der Waals surface area contributed by atoms with Gasteiger partial charge in [0, 0.05) is 11.4 Å². The van der Waals surface area contributed by atoms with Crippen molar-refractivity contribution in [1.82, 2.24) is 5.32 Å². The Balaban J connectivity index is 1.90. The fourth-order valence-electron chi connectivity index (χ4n) is 1.44. The van der Waals surface area contributed by atoms with Crippen LogP contribution in [-0.4, -0.2) is 5.91 Å². The molecule has 1 N–H and O–H groups in total. The second-order valence-corrected chi connectivity index (χ2v) is 5.00. The van der Waals surface area contributed by atoms with Crippen LogP contribution in [0.2, 0.25) is 0 Å². The highest BCUT2D eigenvalue weighted by Crippen LogP contribution is 2.24. The van der Waals surface area contributed by atoms with Crippen LogP contribution >= 0.6 is 22.9 Å². The number of alkyl halides is 1. The molecule has 1 heterocycles. The topological polar surface area (TPSA) is 29.1 Å². The third kappa shape index (κ3) is 3.32. The van der Waals surface area contributed by atoms with Crippen LogP contribution in [0.1, 0.15) is 15.8 Å². The number of carbonyl (C=O) groups is 1. The first kappa shape index (κ1) is 12.1. The molecule has 0 spiro atoms. The molecule has 0 saturated carbocycles. The van der Waals surface area contributed by atoms with Crippen LogP contribution in [0.25, 0.3) is 0 Å². The molecule has 0 aliphatic carbocycles. The molecule has 1 unspecified atom stereocenters. The van der Waals surface area contributed by atoms with E-state index >= 15 is 0 Å². The number of nitrogens with one attached hydrogen (secondary N) is 1. The van der Waals surface area contributed by atoms with Gasteiger partial charge in [0.15, 0.2) is 0 Å². The highest BCUT2D eigenvalue weighted by molar-refractivity contribution is 7.10. The van der Waals surface area contributed by atoms with Crippen LogP contribution in [0.5, 0.6) is 0 Å². The van der Waals surface area contributed by atoms with E-state index in [-0.39, 0.29) is 5.91 Å². The van der Waals surface area contributed by atoms with Gasteiger partial charge in [0.2, 0.25) is 5.91 Å². The van der Waals surface area contributed by atoms with Crippen molar-refractivity contribution in [3.8, 4) is 0 Å². The predicted molar refractivity (Wildman–Crippen MR) is 71.2 cm³/mol. The van der Waals surface area contributed by atoms with E-state index in [0.29, 0.717) is 6.54 Å². The van der Waals surface area contributed by atoms with Gasteiger partial charge in [-0.15, -0.1) is 22.9 Å². The maximum Gasteiger partial charge on any atom is 0.243 e. The van der Waals surface area contributed by atoms with E-state index in [9.17, 15) is 4.79 Å². The number of rotatable bonds is 4. The number of halogens is 1. The third-order valence-corrected chi connectivity index (χ3v) is 3.83. The lowest BCUT2D eigenvalue weighted by Gasteiger charge is -2.08. The van der Waals surface area contributed by atoms with E-state index in [0.717, 1.165) is 10.4 Å². The summed E-state index contributed by atoms with van der Waals surface area (Å²) >= 11 is 7.55. The molecule has 1 amide bonds. The van der Waals surface area contributed by atoms with E-state index < -0.39 is 5.38 Å². The van der Waals surface area contributed by atoms with Crippen LogP contribution in [0, 0.1) is 0 Å². The molecule has 88 valence electrons. The molecule has 17 heavy (non-hydrogen) atoms. The van der Waals surface area contributed by atoms with Crippen LogP contribution < -0.4 is 5.32 Å². The zero-order valence-electron chi connectivity index (χ0n) is 9.10. The summed E-state index contributed by atoms with van der Waals surface area (Å²) in [4.78, 5) is 12.7. The smallest absolute Gasteiger partial charge is 0.243 e. The van der Waals surface area contributed by atoms with Crippen molar-refractivity contribution in [2.75, 3.05) is 0 Å². The second kappa shape index (κ2) is 5.84. The Labute approximate surface area is 109 Å². The lowest BCUT2D eigenvalue weighted by Crippen LogP contribution is -2.26. The Morgan fingerprint density at radius 2 is 2.00 bits per heavy atom. The van der Waals surface area contributed by atoms with Gasteiger partial charge >= 0.3 is 0 Å². The predicted octanol–water partition coefficient (Wildman–Crippen LogP) is 3.34. The SMILES string of the molecule is O=C(NCc1ccccc1)C(Cl)c1cccs1. The third-order valence-electron chi connectivity index (χ3n) is 2.33. The largest absolute Gasteiger partial charge is 0.350 e. The summed E-state index contributed by atoms with van der Waals surface area (Å²) in [5, 5.41) is 4.14. The molecule has 0 aliphatic rings. The molecule has 0 saturated heterocycles. The molecule has 1 aromatic heterocycles. The van der Waals surface area contributed by atoms with Crippen molar-refractivity contribution >= 4 is 28.8 Å². The van der Waals surface area contributed by atoms with Crippen LogP contribution in [0.3, 0.4) is 0 Å². The Kier molecular flexibility index (Phi) is 4.18. The molecule has 1 aromatic carbocycles. The van der Waals surface area contributed by atoms with Gasteiger partial charge in [0.05, 0.1) is 0 Å². The zero-order valence-corrected chi connectivity index (χ0v) is 10.7. The van der Waals surface area contributed by atoms with Crippen LogP contribution in [0.15, 0.2) is 47.8 Å². The molecule has 4 heteroatoms. The van der Waals surface area contributed by atoms with Crippen LogP contribution in [-0.2, 0) is 11.3 Å². The number of amides is 1. The minimum atomic E-state index is -0.598. The van der Waals surface area contributed by atoms with Gasteiger partial charge < -0.3 is 5.32 Å². The summed E-state index contributed by atoms with van der Waals surface area (Å²) in [6.07, 6.45) is 0. The first-order chi connectivity index (χ1) is 8.27. The molecule has 0 aliphatic heterocycles. The van der Waals surface area contributed by atoms with Gasteiger partial charge in [-0.1, -0.05) is 36.4 Å². The van der Waals surface area contributed by atoms with Crippen molar-refractivity contribution in [3.05, 3.63) is 58.3 Å². The molecule has 0 bridgehead atoms. The van der Waals surface area contributed by atoms with Crippen molar-refractivity contribution in [2.24, 2.45) is 0 Å². The van der Waals surface area contributed by atoms with Crippen molar-refractivity contribution in [3.63, 3.8) is 0 Å². The second-order valence-electron chi connectivity index (χ2n) is 3.58. The van der Waals surface area contributed by atoms with Gasteiger partial charge in [-0.25, -0.2) is 0 Å². The molecule has 2 rings (SSSR count). The summed E-state index contributed by atoms with van der Waals surface area (Å²) in [5.41, 5.74) is 1.07. The number of hydrogen-bond acceptors (Lipinski definition) is 2. The molecule has 2 aromatic rings. The maximum absolute atomic E-state index is 11.8. The highest BCUT2D eigenvalue weighted by atomic mass is 35.5. The zero-order chi connectivity index (χ0) is 12.1. The Morgan fingerprint density at radius 1 is 1.24 bits per heavy atom. The number of carbonyl (C=O) groups excluding carboxylic acids is 1. The summed E-state index contributed by atoms with van der Waals surface area (Å²) < 4.78 is 0. The lowest BCUT2D eigenvalue weighted by atomic mass is 10.2. The Bertz CT molecular complexity index is 469. The number of thiophene rings is 1. The van der Waals surface area contributed by atoms with E-state index in [1.54, 1.807) is 0 Å². The van der Waals surface area contributed by atoms with Gasteiger partial charge in [-0.05, 0) is 17.0 Å². The highest BCUT2D eigenvalue weighted by Gasteiger charge is 2.17. The maximum atomic E-state index is 11.8. The van der Waals surface area contributed by atoms with Gasteiger partial charge in [0.1, 0.15) is 5.38 Å². The summed E-state index contributed by atoms with van der Waals surface area (Å²) in [6, 6.07) is 13.5. The van der Waals surface area contributed by atoms with E-state index in [2.05, 4.69) is 5.32 Å². The molecular weight excluding hydrogens is 254 g/mol. The molecule has 2 nitrogen and oxygen atoms in total. The number of hydrogen-bond donors (Lipinski definition) is 1. The standard InChI is InChI=1S/C13H12ClNOS/c14-12(11-7-4-8-17-11)13(16)15-9-10-5-2-1-3-6-10/h1-8,12H,9H2,(H,15,16). The van der Waals surface area contributed by atoms with E-state index in [4.69, 9.17) is 11.6 Å². The molecule has 0 radical (unpaired) electrons. The van der Waals surface area contributed by atoms with E-state index in [1.165, 1.54) is 11.3 Å². The normalized spacial score (nSPS) is 12.1. The molecular formula is C13H12ClNOS. The number of benzene rings is 1. The molecule has 1 atom stereocenters. The minimum absolute atomic E-state index is 0.155. The van der Waals surface area contributed by atoms with Crippen molar-refractivity contribution < 1.29 is 4.79 Å². The van der Waals surface area contributed by atoms with Crippen LogP contribution in [0.4, 0.5) is 0 Å². The fourth-order valence-corrected chi connectivity index (χ4v) is 2.44. The van der Waals surface area contributed by atoms with Gasteiger partial charge in [-0.3, -0.25) is 4.79 Å².